The van der Waals surface area contributed by atoms with Crippen molar-refractivity contribution in [3.05, 3.63) is 29.8 Å². The third-order valence-electron chi connectivity index (χ3n) is 2.98. The van der Waals surface area contributed by atoms with Gasteiger partial charge in [-0.1, -0.05) is 12.1 Å². The SMILES string of the molecule is Cc1cccc(NC(=O)CNCC2CCCO2)c1. The van der Waals surface area contributed by atoms with E-state index < -0.39 is 0 Å². The highest BCUT2D eigenvalue weighted by Crippen LogP contribution is 2.11. The van der Waals surface area contributed by atoms with E-state index in [9.17, 15) is 4.79 Å². The Balaban J connectivity index is 1.68. The van der Waals surface area contributed by atoms with Gasteiger partial charge in [-0.15, -0.1) is 0 Å². The molecule has 0 aliphatic carbocycles. The Morgan fingerprint density at radius 1 is 1.50 bits per heavy atom. The van der Waals surface area contributed by atoms with Gasteiger partial charge in [0.05, 0.1) is 12.6 Å². The lowest BCUT2D eigenvalue weighted by Gasteiger charge is -2.11. The molecular formula is C14H20N2O2. The molecule has 4 nitrogen and oxygen atoms in total. The molecule has 98 valence electrons. The molecule has 0 radical (unpaired) electrons. The maximum atomic E-state index is 11.7. The Bertz CT molecular complexity index is 401. The van der Waals surface area contributed by atoms with Gasteiger partial charge in [0.25, 0.3) is 0 Å². The van der Waals surface area contributed by atoms with Crippen LogP contribution in [0.4, 0.5) is 5.69 Å². The van der Waals surface area contributed by atoms with Crippen LogP contribution in [0.1, 0.15) is 18.4 Å². The minimum atomic E-state index is -0.0152. The Kier molecular flexibility index (Phi) is 4.73. The van der Waals surface area contributed by atoms with Gasteiger partial charge in [0, 0.05) is 18.8 Å². The van der Waals surface area contributed by atoms with Crippen LogP contribution in [0.5, 0.6) is 0 Å². The van der Waals surface area contributed by atoms with Gasteiger partial charge in [0.15, 0.2) is 0 Å². The van der Waals surface area contributed by atoms with Crippen LogP contribution in [-0.4, -0.2) is 31.7 Å². The molecule has 1 unspecified atom stereocenters. The van der Waals surface area contributed by atoms with Crippen LogP contribution in [0.3, 0.4) is 0 Å². The highest BCUT2D eigenvalue weighted by atomic mass is 16.5. The van der Waals surface area contributed by atoms with Crippen molar-refractivity contribution in [1.29, 1.82) is 0 Å². The second-order valence-corrected chi connectivity index (χ2v) is 4.68. The summed E-state index contributed by atoms with van der Waals surface area (Å²) < 4.78 is 5.47. The first kappa shape index (κ1) is 13.1. The van der Waals surface area contributed by atoms with E-state index >= 15 is 0 Å². The van der Waals surface area contributed by atoms with Crippen molar-refractivity contribution >= 4 is 11.6 Å². The number of hydrogen-bond acceptors (Lipinski definition) is 3. The molecule has 1 aliphatic rings. The number of benzene rings is 1. The largest absolute Gasteiger partial charge is 0.377 e. The van der Waals surface area contributed by atoms with Crippen LogP contribution in [0, 0.1) is 6.92 Å². The van der Waals surface area contributed by atoms with Crippen molar-refractivity contribution in [2.45, 2.75) is 25.9 Å². The summed E-state index contributed by atoms with van der Waals surface area (Å²) in [5.41, 5.74) is 1.99. The first-order valence-electron chi connectivity index (χ1n) is 6.43. The van der Waals surface area contributed by atoms with Gasteiger partial charge in [-0.3, -0.25) is 4.79 Å². The molecule has 0 bridgehead atoms. The number of nitrogens with one attached hydrogen (secondary N) is 2. The number of carbonyl (C=O) groups excluding carboxylic acids is 1. The van der Waals surface area contributed by atoms with E-state index in [2.05, 4.69) is 10.6 Å². The summed E-state index contributed by atoms with van der Waals surface area (Å²) in [4.78, 5) is 11.7. The quantitative estimate of drug-likeness (QED) is 0.834. The number of rotatable bonds is 5. The van der Waals surface area contributed by atoms with Gasteiger partial charge in [-0.05, 0) is 37.5 Å². The monoisotopic (exact) mass is 248 g/mol. The van der Waals surface area contributed by atoms with Crippen molar-refractivity contribution in [3.8, 4) is 0 Å². The Morgan fingerprint density at radius 2 is 2.39 bits per heavy atom. The highest BCUT2D eigenvalue weighted by molar-refractivity contribution is 5.92. The fraction of sp³-hybridized carbons (Fsp3) is 0.500. The molecule has 1 aromatic rings. The summed E-state index contributed by atoms with van der Waals surface area (Å²) in [6, 6.07) is 7.79. The molecular weight excluding hydrogens is 228 g/mol. The lowest BCUT2D eigenvalue weighted by molar-refractivity contribution is -0.115. The molecule has 1 fully saturated rings. The topological polar surface area (TPSA) is 50.4 Å². The molecule has 1 atom stereocenters. The molecule has 1 amide bonds. The predicted molar refractivity (Wildman–Crippen MR) is 71.7 cm³/mol. The fourth-order valence-electron chi connectivity index (χ4n) is 2.08. The second-order valence-electron chi connectivity index (χ2n) is 4.68. The van der Waals surface area contributed by atoms with Crippen LogP contribution < -0.4 is 10.6 Å². The molecule has 18 heavy (non-hydrogen) atoms. The molecule has 0 aromatic heterocycles. The number of ether oxygens (including phenoxy) is 1. The van der Waals surface area contributed by atoms with Gasteiger partial charge in [0.1, 0.15) is 0 Å². The number of hydrogen-bond donors (Lipinski definition) is 2. The average molecular weight is 248 g/mol. The van der Waals surface area contributed by atoms with E-state index in [1.807, 2.05) is 31.2 Å². The summed E-state index contributed by atoms with van der Waals surface area (Å²) in [5.74, 6) is -0.0152. The molecule has 4 heteroatoms. The fourth-order valence-corrected chi connectivity index (χ4v) is 2.08. The average Bonchev–Trinajstić information content (AvgIpc) is 2.82. The van der Waals surface area contributed by atoms with E-state index in [1.54, 1.807) is 0 Å². The summed E-state index contributed by atoms with van der Waals surface area (Å²) in [6.45, 7) is 3.93. The summed E-state index contributed by atoms with van der Waals surface area (Å²) >= 11 is 0. The first-order valence-corrected chi connectivity index (χ1v) is 6.43. The molecule has 1 aliphatic heterocycles. The summed E-state index contributed by atoms with van der Waals surface area (Å²) in [5, 5.41) is 5.99. The minimum absolute atomic E-state index is 0.0152. The molecule has 0 saturated carbocycles. The third-order valence-corrected chi connectivity index (χ3v) is 2.98. The van der Waals surface area contributed by atoms with Crippen LogP contribution in [-0.2, 0) is 9.53 Å². The van der Waals surface area contributed by atoms with Gasteiger partial charge in [0.2, 0.25) is 5.91 Å². The van der Waals surface area contributed by atoms with Crippen LogP contribution in [0.25, 0.3) is 0 Å². The van der Waals surface area contributed by atoms with Crippen molar-refractivity contribution < 1.29 is 9.53 Å². The van der Waals surface area contributed by atoms with Crippen molar-refractivity contribution in [2.24, 2.45) is 0 Å². The van der Waals surface area contributed by atoms with Crippen LogP contribution in [0.2, 0.25) is 0 Å². The highest BCUT2D eigenvalue weighted by Gasteiger charge is 2.14. The van der Waals surface area contributed by atoms with E-state index in [0.29, 0.717) is 6.54 Å². The lowest BCUT2D eigenvalue weighted by Crippen LogP contribution is -2.33. The van der Waals surface area contributed by atoms with Gasteiger partial charge in [-0.25, -0.2) is 0 Å². The van der Waals surface area contributed by atoms with Gasteiger partial charge >= 0.3 is 0 Å². The van der Waals surface area contributed by atoms with E-state index in [0.717, 1.165) is 37.2 Å². The summed E-state index contributed by atoms with van der Waals surface area (Å²) in [7, 11) is 0. The van der Waals surface area contributed by atoms with Gasteiger partial charge in [-0.2, -0.15) is 0 Å². The lowest BCUT2D eigenvalue weighted by atomic mass is 10.2. The van der Waals surface area contributed by atoms with Gasteiger partial charge < -0.3 is 15.4 Å². The predicted octanol–water partition coefficient (Wildman–Crippen LogP) is 1.70. The van der Waals surface area contributed by atoms with E-state index in [1.165, 1.54) is 0 Å². The summed E-state index contributed by atoms with van der Waals surface area (Å²) in [6.07, 6.45) is 2.49. The normalized spacial score (nSPS) is 18.8. The molecule has 1 aromatic carbocycles. The smallest absolute Gasteiger partial charge is 0.238 e. The zero-order chi connectivity index (χ0) is 12.8. The van der Waals surface area contributed by atoms with Crippen molar-refractivity contribution in [2.75, 3.05) is 25.0 Å². The zero-order valence-corrected chi connectivity index (χ0v) is 10.7. The maximum Gasteiger partial charge on any atom is 0.238 e. The molecule has 2 rings (SSSR count). The Labute approximate surface area is 108 Å². The first-order chi connectivity index (χ1) is 8.74. The third kappa shape index (κ3) is 4.13. The Hall–Kier alpha value is -1.39. The van der Waals surface area contributed by atoms with E-state index in [4.69, 9.17) is 4.74 Å². The van der Waals surface area contributed by atoms with Crippen LogP contribution in [0.15, 0.2) is 24.3 Å². The Morgan fingerprint density at radius 3 is 3.11 bits per heavy atom. The van der Waals surface area contributed by atoms with Crippen molar-refractivity contribution in [1.82, 2.24) is 5.32 Å². The molecule has 1 heterocycles. The molecule has 0 spiro atoms. The van der Waals surface area contributed by atoms with Crippen LogP contribution >= 0.6 is 0 Å². The number of amides is 1. The van der Waals surface area contributed by atoms with E-state index in [-0.39, 0.29) is 12.0 Å². The zero-order valence-electron chi connectivity index (χ0n) is 10.7. The number of carbonyl (C=O) groups is 1. The standard InChI is InChI=1S/C14H20N2O2/c1-11-4-2-5-12(8-11)16-14(17)10-15-9-13-6-3-7-18-13/h2,4-5,8,13,15H,3,6-7,9-10H2,1H3,(H,16,17). The maximum absolute atomic E-state index is 11.7. The second kappa shape index (κ2) is 6.52. The molecule has 1 saturated heterocycles. The minimum Gasteiger partial charge on any atom is -0.377 e. The number of aryl methyl sites for hydroxylation is 1. The number of anilines is 1. The molecule has 2 N–H and O–H groups in total. The van der Waals surface area contributed by atoms with Crippen molar-refractivity contribution in [3.63, 3.8) is 0 Å².